The Hall–Kier alpha value is -3.20. The highest BCUT2D eigenvalue weighted by molar-refractivity contribution is 7.98. The van der Waals surface area contributed by atoms with Crippen molar-refractivity contribution in [2.45, 2.75) is 71.6 Å². The minimum Gasteiger partial charge on any atom is -0.497 e. The number of unbranched alkanes of at least 4 members (excludes halogenated alkanes) is 1. The van der Waals surface area contributed by atoms with Gasteiger partial charge in [0.1, 0.15) is 23.4 Å². The number of hydrogen-bond acceptors (Lipinski definition) is 6. The summed E-state index contributed by atoms with van der Waals surface area (Å²) in [6.07, 6.45) is 3.22. The summed E-state index contributed by atoms with van der Waals surface area (Å²) in [6.45, 7) is 9.68. The van der Waals surface area contributed by atoms with Gasteiger partial charge in [-0.1, -0.05) is 43.2 Å². The first kappa shape index (κ1) is 32.0. The summed E-state index contributed by atoms with van der Waals surface area (Å²) in [5.41, 5.74) is 1.62. The average molecular weight is 558 g/mol. The largest absolute Gasteiger partial charge is 0.497 e. The van der Waals surface area contributed by atoms with Crippen molar-refractivity contribution in [1.29, 1.82) is 0 Å². The molecule has 0 aromatic heterocycles. The van der Waals surface area contributed by atoms with E-state index in [2.05, 4.69) is 10.6 Å². The molecule has 2 rings (SSSR count). The van der Waals surface area contributed by atoms with Crippen molar-refractivity contribution in [2.75, 3.05) is 31.0 Å². The van der Waals surface area contributed by atoms with Crippen LogP contribution in [0.2, 0.25) is 0 Å². The van der Waals surface area contributed by atoms with Crippen molar-refractivity contribution in [3.05, 3.63) is 59.7 Å². The molecule has 3 amide bonds. The lowest BCUT2D eigenvalue weighted by Crippen LogP contribution is -2.52. The Bertz CT molecular complexity index is 1070. The van der Waals surface area contributed by atoms with Crippen molar-refractivity contribution in [2.24, 2.45) is 0 Å². The second-order valence-corrected chi connectivity index (χ2v) is 11.4. The number of alkyl carbamates (subject to hydrolysis) is 1. The van der Waals surface area contributed by atoms with Crippen LogP contribution in [0.15, 0.2) is 48.5 Å². The van der Waals surface area contributed by atoms with Gasteiger partial charge in [0.15, 0.2) is 0 Å². The van der Waals surface area contributed by atoms with Crippen LogP contribution in [0.5, 0.6) is 5.75 Å². The van der Waals surface area contributed by atoms with Crippen LogP contribution in [0, 0.1) is 6.92 Å². The maximum absolute atomic E-state index is 14.1. The fourth-order valence-electron chi connectivity index (χ4n) is 3.94. The van der Waals surface area contributed by atoms with Gasteiger partial charge in [0.05, 0.1) is 7.11 Å². The van der Waals surface area contributed by atoms with Crippen molar-refractivity contribution in [3.63, 3.8) is 0 Å². The Balaban J connectivity index is 2.47. The number of thioether (sulfide) groups is 1. The van der Waals surface area contributed by atoms with Gasteiger partial charge in [0, 0.05) is 12.2 Å². The summed E-state index contributed by atoms with van der Waals surface area (Å²) < 4.78 is 10.7. The van der Waals surface area contributed by atoms with Crippen molar-refractivity contribution >= 4 is 35.4 Å². The summed E-state index contributed by atoms with van der Waals surface area (Å²) in [5, 5.41) is 5.74. The number of rotatable bonds is 13. The molecule has 0 spiro atoms. The topological polar surface area (TPSA) is 97.0 Å². The Morgan fingerprint density at radius 3 is 2.21 bits per heavy atom. The van der Waals surface area contributed by atoms with Crippen molar-refractivity contribution in [3.8, 4) is 5.75 Å². The number of methoxy groups -OCH3 is 1. The van der Waals surface area contributed by atoms with Crippen LogP contribution in [0.1, 0.15) is 64.1 Å². The lowest BCUT2D eigenvalue weighted by atomic mass is 10.0. The number of anilines is 1. The summed E-state index contributed by atoms with van der Waals surface area (Å²) in [4.78, 5) is 42.3. The highest BCUT2D eigenvalue weighted by Crippen LogP contribution is 2.26. The van der Waals surface area contributed by atoms with E-state index in [1.165, 1.54) is 0 Å². The molecule has 0 aliphatic rings. The third-order valence-electron chi connectivity index (χ3n) is 5.95. The molecule has 8 nitrogen and oxygen atoms in total. The molecular weight excluding hydrogens is 514 g/mol. The van der Waals surface area contributed by atoms with E-state index in [0.29, 0.717) is 42.1 Å². The molecule has 0 aliphatic carbocycles. The highest BCUT2D eigenvalue weighted by atomic mass is 32.2. The van der Waals surface area contributed by atoms with Gasteiger partial charge in [0.2, 0.25) is 5.91 Å². The smallest absolute Gasteiger partial charge is 0.408 e. The Morgan fingerprint density at radius 2 is 1.67 bits per heavy atom. The van der Waals surface area contributed by atoms with Gasteiger partial charge in [-0.25, -0.2) is 4.79 Å². The van der Waals surface area contributed by atoms with Crippen LogP contribution >= 0.6 is 11.8 Å². The zero-order valence-corrected chi connectivity index (χ0v) is 25.0. The number of carbonyl (C=O) groups is 3. The molecule has 0 bridgehead atoms. The van der Waals surface area contributed by atoms with Crippen LogP contribution < -0.4 is 15.4 Å². The monoisotopic (exact) mass is 557 g/mol. The number of nitrogens with zero attached hydrogens (tertiary/aromatic N) is 1. The van der Waals surface area contributed by atoms with Crippen molar-refractivity contribution < 1.29 is 23.9 Å². The second-order valence-electron chi connectivity index (χ2n) is 10.4. The summed E-state index contributed by atoms with van der Waals surface area (Å²) in [6, 6.07) is 12.9. The second kappa shape index (κ2) is 15.4. The fourth-order valence-corrected chi connectivity index (χ4v) is 4.42. The first-order valence-corrected chi connectivity index (χ1v) is 14.7. The minimum absolute atomic E-state index is 0.321. The van der Waals surface area contributed by atoms with Crippen molar-refractivity contribution in [1.82, 2.24) is 10.2 Å². The molecule has 2 N–H and O–H groups in total. The molecule has 2 aromatic rings. The fraction of sp³-hybridized carbons (Fsp3) is 0.500. The zero-order chi connectivity index (χ0) is 29.0. The molecular formula is C30H43N3O5S. The van der Waals surface area contributed by atoms with Gasteiger partial charge in [-0.15, -0.1) is 0 Å². The van der Waals surface area contributed by atoms with Crippen LogP contribution in [0.25, 0.3) is 0 Å². The predicted octanol–water partition coefficient (Wildman–Crippen LogP) is 5.96. The van der Waals surface area contributed by atoms with Gasteiger partial charge in [-0.3, -0.25) is 9.59 Å². The van der Waals surface area contributed by atoms with E-state index in [1.807, 2.05) is 44.4 Å². The number of carbonyl (C=O) groups excluding carboxylic acids is 3. The highest BCUT2D eigenvalue weighted by Gasteiger charge is 2.36. The number of hydrogen-bond donors (Lipinski definition) is 2. The van der Waals surface area contributed by atoms with Gasteiger partial charge >= 0.3 is 6.09 Å². The van der Waals surface area contributed by atoms with Crippen LogP contribution in [-0.4, -0.2) is 60.1 Å². The molecule has 9 heteroatoms. The number of amides is 3. The lowest BCUT2D eigenvalue weighted by molar-refractivity contribution is -0.141. The maximum atomic E-state index is 14.1. The predicted molar refractivity (Wildman–Crippen MR) is 158 cm³/mol. The summed E-state index contributed by atoms with van der Waals surface area (Å²) >= 11 is 1.58. The van der Waals surface area contributed by atoms with Gasteiger partial charge in [-0.05, 0) is 82.4 Å². The molecule has 2 aromatic carbocycles. The molecule has 39 heavy (non-hydrogen) atoms. The van der Waals surface area contributed by atoms with E-state index in [0.717, 1.165) is 12.0 Å². The number of ether oxygens (including phenoxy) is 2. The van der Waals surface area contributed by atoms with Crippen LogP contribution in [-0.2, 0) is 14.3 Å². The first-order valence-electron chi connectivity index (χ1n) is 13.3. The molecule has 214 valence electrons. The molecule has 0 heterocycles. The number of aryl methyl sites for hydroxylation is 1. The first-order chi connectivity index (χ1) is 18.5. The van der Waals surface area contributed by atoms with E-state index in [9.17, 15) is 14.4 Å². The van der Waals surface area contributed by atoms with Gasteiger partial charge in [0.25, 0.3) is 5.91 Å². The van der Waals surface area contributed by atoms with Gasteiger partial charge in [-0.2, -0.15) is 11.8 Å². The maximum Gasteiger partial charge on any atom is 0.408 e. The third-order valence-corrected chi connectivity index (χ3v) is 6.59. The third kappa shape index (κ3) is 10.5. The van der Waals surface area contributed by atoms with Crippen LogP contribution in [0.4, 0.5) is 10.5 Å². The Labute approximate surface area is 237 Å². The van der Waals surface area contributed by atoms with E-state index < -0.39 is 23.8 Å². The van der Waals surface area contributed by atoms with E-state index in [-0.39, 0.29) is 11.8 Å². The molecule has 0 fully saturated rings. The SMILES string of the molecule is CCCCN(C(=O)C(CCSC)NC(=O)OC(C)(C)C)C(C(=O)Nc1ccc(OC)cc1)c1ccc(C)cc1. The molecule has 0 saturated carbocycles. The quantitative estimate of drug-likeness (QED) is 0.316. The average Bonchev–Trinajstić information content (AvgIpc) is 2.88. The Morgan fingerprint density at radius 1 is 1.03 bits per heavy atom. The minimum atomic E-state index is -0.899. The molecule has 0 aliphatic heterocycles. The molecule has 2 atom stereocenters. The zero-order valence-electron chi connectivity index (χ0n) is 24.2. The molecule has 0 saturated heterocycles. The standard InChI is InChI=1S/C30H43N3O5S/c1-8-9-19-33(28(35)25(18-20-39-7)32-29(36)38-30(3,4)5)26(22-12-10-21(2)11-13-22)27(34)31-23-14-16-24(37-6)17-15-23/h10-17,25-26H,8-9,18-20H2,1-7H3,(H,31,34)(H,32,36). The summed E-state index contributed by atoms with van der Waals surface area (Å²) in [7, 11) is 1.58. The van der Waals surface area contributed by atoms with Gasteiger partial charge < -0.3 is 25.0 Å². The number of nitrogens with one attached hydrogen (secondary N) is 2. The number of benzene rings is 2. The van der Waals surface area contributed by atoms with E-state index >= 15 is 0 Å². The van der Waals surface area contributed by atoms with E-state index in [1.54, 1.807) is 68.8 Å². The normalized spacial score (nSPS) is 12.7. The molecule has 0 radical (unpaired) electrons. The molecule has 2 unspecified atom stereocenters. The lowest BCUT2D eigenvalue weighted by Gasteiger charge is -2.34. The van der Waals surface area contributed by atoms with E-state index in [4.69, 9.17) is 9.47 Å². The Kier molecular flexibility index (Phi) is 12.6. The van der Waals surface area contributed by atoms with Crippen LogP contribution in [0.3, 0.4) is 0 Å². The summed E-state index contributed by atoms with van der Waals surface area (Å²) in [5.74, 6) is 0.669.